The summed E-state index contributed by atoms with van der Waals surface area (Å²) in [5.74, 6) is 0.805. The standard InChI is InChI=1S/C18H27N/c1-3-8-18(9-10-18)13-19-17-11-16(12-17)15-6-4-14(2)5-7-15/h4-7,16-17,19H,3,8-13H2,1-2H3. The summed E-state index contributed by atoms with van der Waals surface area (Å²) in [4.78, 5) is 0. The Morgan fingerprint density at radius 1 is 1.16 bits per heavy atom. The molecule has 19 heavy (non-hydrogen) atoms. The molecule has 1 aromatic rings. The second-order valence-corrected chi connectivity index (χ2v) is 6.91. The van der Waals surface area contributed by atoms with Crippen LogP contribution in [0.15, 0.2) is 24.3 Å². The Morgan fingerprint density at radius 3 is 2.42 bits per heavy atom. The van der Waals surface area contributed by atoms with Crippen molar-refractivity contribution in [2.24, 2.45) is 5.41 Å². The van der Waals surface area contributed by atoms with E-state index in [2.05, 4.69) is 43.4 Å². The minimum atomic E-state index is 0.698. The van der Waals surface area contributed by atoms with E-state index in [4.69, 9.17) is 0 Å². The first-order valence-corrected chi connectivity index (χ1v) is 8.01. The number of hydrogen-bond donors (Lipinski definition) is 1. The van der Waals surface area contributed by atoms with Crippen molar-refractivity contribution in [2.45, 2.75) is 64.3 Å². The van der Waals surface area contributed by atoms with Gasteiger partial charge in [0.05, 0.1) is 0 Å². The van der Waals surface area contributed by atoms with Crippen LogP contribution in [0.4, 0.5) is 0 Å². The third-order valence-corrected chi connectivity index (χ3v) is 5.19. The molecule has 0 aromatic heterocycles. The minimum absolute atomic E-state index is 0.698. The molecule has 0 amide bonds. The van der Waals surface area contributed by atoms with Gasteiger partial charge in [0.25, 0.3) is 0 Å². The molecule has 0 heterocycles. The lowest BCUT2D eigenvalue weighted by molar-refractivity contribution is 0.266. The highest BCUT2D eigenvalue weighted by Crippen LogP contribution is 2.49. The quantitative estimate of drug-likeness (QED) is 0.796. The largest absolute Gasteiger partial charge is 0.313 e. The molecule has 0 bridgehead atoms. The van der Waals surface area contributed by atoms with Crippen molar-refractivity contribution < 1.29 is 0 Å². The lowest BCUT2D eigenvalue weighted by atomic mass is 9.75. The molecule has 3 rings (SSSR count). The van der Waals surface area contributed by atoms with E-state index < -0.39 is 0 Å². The van der Waals surface area contributed by atoms with Crippen molar-refractivity contribution in [3.05, 3.63) is 35.4 Å². The number of hydrogen-bond acceptors (Lipinski definition) is 1. The summed E-state index contributed by atoms with van der Waals surface area (Å²) in [6.07, 6.45) is 8.37. The predicted molar refractivity (Wildman–Crippen MR) is 81.5 cm³/mol. The van der Waals surface area contributed by atoms with Gasteiger partial charge >= 0.3 is 0 Å². The normalized spacial score (nSPS) is 27.9. The number of benzene rings is 1. The van der Waals surface area contributed by atoms with Crippen molar-refractivity contribution in [3.8, 4) is 0 Å². The summed E-state index contributed by atoms with van der Waals surface area (Å²) in [5.41, 5.74) is 3.61. The van der Waals surface area contributed by atoms with Gasteiger partial charge in [-0.1, -0.05) is 43.2 Å². The zero-order chi connectivity index (χ0) is 13.3. The number of aryl methyl sites for hydroxylation is 1. The molecule has 0 radical (unpaired) electrons. The average molecular weight is 257 g/mol. The van der Waals surface area contributed by atoms with E-state index >= 15 is 0 Å². The maximum absolute atomic E-state index is 3.82. The maximum atomic E-state index is 3.82. The summed E-state index contributed by atoms with van der Waals surface area (Å²) in [6.45, 7) is 5.75. The Bertz CT molecular complexity index is 410. The Labute approximate surface area is 117 Å². The lowest BCUT2D eigenvalue weighted by Gasteiger charge is -2.37. The topological polar surface area (TPSA) is 12.0 Å². The second kappa shape index (κ2) is 5.28. The molecular weight excluding hydrogens is 230 g/mol. The minimum Gasteiger partial charge on any atom is -0.313 e. The summed E-state index contributed by atoms with van der Waals surface area (Å²) in [5, 5.41) is 3.82. The molecule has 104 valence electrons. The highest BCUT2D eigenvalue weighted by atomic mass is 15.0. The van der Waals surface area contributed by atoms with Gasteiger partial charge < -0.3 is 5.32 Å². The molecular formula is C18H27N. The van der Waals surface area contributed by atoms with Crippen molar-refractivity contribution in [1.82, 2.24) is 5.32 Å². The Kier molecular flexibility index (Phi) is 3.66. The highest BCUT2D eigenvalue weighted by Gasteiger charge is 2.42. The Hall–Kier alpha value is -0.820. The van der Waals surface area contributed by atoms with Crippen molar-refractivity contribution in [2.75, 3.05) is 6.54 Å². The van der Waals surface area contributed by atoms with Gasteiger partial charge in [0.2, 0.25) is 0 Å². The molecule has 0 spiro atoms. The highest BCUT2D eigenvalue weighted by molar-refractivity contribution is 5.26. The van der Waals surface area contributed by atoms with Crippen LogP contribution in [-0.2, 0) is 0 Å². The van der Waals surface area contributed by atoms with Crippen molar-refractivity contribution >= 4 is 0 Å². The molecule has 0 saturated heterocycles. The Morgan fingerprint density at radius 2 is 1.84 bits per heavy atom. The van der Waals surface area contributed by atoms with E-state index in [-0.39, 0.29) is 0 Å². The van der Waals surface area contributed by atoms with Crippen molar-refractivity contribution in [1.29, 1.82) is 0 Å². The molecule has 1 heteroatoms. The monoisotopic (exact) mass is 257 g/mol. The van der Waals surface area contributed by atoms with E-state index in [1.165, 1.54) is 50.6 Å². The van der Waals surface area contributed by atoms with Gasteiger partial charge in [-0.25, -0.2) is 0 Å². The third-order valence-electron chi connectivity index (χ3n) is 5.19. The lowest BCUT2D eigenvalue weighted by Crippen LogP contribution is -2.42. The molecule has 2 aliphatic carbocycles. The predicted octanol–water partition coefficient (Wildman–Crippen LogP) is 4.41. The first-order valence-electron chi connectivity index (χ1n) is 8.01. The molecule has 1 nitrogen and oxygen atoms in total. The zero-order valence-corrected chi connectivity index (χ0v) is 12.4. The van der Waals surface area contributed by atoms with E-state index in [1.807, 2.05) is 0 Å². The molecule has 1 aromatic carbocycles. The van der Waals surface area contributed by atoms with Crippen LogP contribution in [0.1, 0.15) is 62.5 Å². The summed E-state index contributed by atoms with van der Waals surface area (Å²) < 4.78 is 0. The van der Waals surface area contributed by atoms with Gasteiger partial charge in [-0.05, 0) is 55.9 Å². The molecule has 0 atom stereocenters. The van der Waals surface area contributed by atoms with Crippen LogP contribution in [-0.4, -0.2) is 12.6 Å². The molecule has 2 aliphatic rings. The summed E-state index contributed by atoms with van der Waals surface area (Å²) >= 11 is 0. The van der Waals surface area contributed by atoms with Crippen LogP contribution < -0.4 is 5.32 Å². The van der Waals surface area contributed by atoms with Gasteiger partial charge in [-0.3, -0.25) is 0 Å². The molecule has 2 fully saturated rings. The molecule has 0 unspecified atom stereocenters. The van der Waals surface area contributed by atoms with Crippen LogP contribution in [0, 0.1) is 12.3 Å². The van der Waals surface area contributed by atoms with Crippen molar-refractivity contribution in [3.63, 3.8) is 0 Å². The van der Waals surface area contributed by atoms with Crippen LogP contribution in [0.2, 0.25) is 0 Å². The van der Waals surface area contributed by atoms with Gasteiger partial charge in [0.1, 0.15) is 0 Å². The summed E-state index contributed by atoms with van der Waals surface area (Å²) in [6, 6.07) is 9.90. The van der Waals surface area contributed by atoms with Crippen LogP contribution in [0.3, 0.4) is 0 Å². The average Bonchev–Trinajstić information content (AvgIpc) is 3.10. The maximum Gasteiger partial charge on any atom is 0.00789 e. The number of nitrogens with one attached hydrogen (secondary N) is 1. The fourth-order valence-corrected chi connectivity index (χ4v) is 3.48. The Balaban J connectivity index is 1.42. The molecule has 0 aliphatic heterocycles. The van der Waals surface area contributed by atoms with E-state index in [0.717, 1.165) is 12.0 Å². The van der Waals surface area contributed by atoms with E-state index in [0.29, 0.717) is 5.41 Å². The van der Waals surface area contributed by atoms with E-state index in [1.54, 1.807) is 5.56 Å². The third kappa shape index (κ3) is 3.02. The van der Waals surface area contributed by atoms with E-state index in [9.17, 15) is 0 Å². The first kappa shape index (κ1) is 13.2. The van der Waals surface area contributed by atoms with Crippen LogP contribution >= 0.6 is 0 Å². The fourth-order valence-electron chi connectivity index (χ4n) is 3.48. The van der Waals surface area contributed by atoms with Crippen LogP contribution in [0.5, 0.6) is 0 Å². The molecule has 1 N–H and O–H groups in total. The first-order chi connectivity index (χ1) is 9.21. The fraction of sp³-hybridized carbons (Fsp3) is 0.667. The SMILES string of the molecule is CCCC1(CNC2CC(c3ccc(C)cc3)C2)CC1. The van der Waals surface area contributed by atoms with Gasteiger partial charge in [0, 0.05) is 12.6 Å². The zero-order valence-electron chi connectivity index (χ0n) is 12.4. The summed E-state index contributed by atoms with van der Waals surface area (Å²) in [7, 11) is 0. The van der Waals surface area contributed by atoms with Gasteiger partial charge in [0.15, 0.2) is 0 Å². The second-order valence-electron chi connectivity index (χ2n) is 6.91. The smallest absolute Gasteiger partial charge is 0.00789 e. The van der Waals surface area contributed by atoms with Crippen LogP contribution in [0.25, 0.3) is 0 Å². The van der Waals surface area contributed by atoms with Gasteiger partial charge in [-0.15, -0.1) is 0 Å². The molecule has 2 saturated carbocycles. The number of rotatable bonds is 6. The van der Waals surface area contributed by atoms with Gasteiger partial charge in [-0.2, -0.15) is 0 Å².